The van der Waals surface area contributed by atoms with Gasteiger partial charge in [0.1, 0.15) is 6.61 Å². The Bertz CT molecular complexity index is 217. The molecule has 2 aliphatic rings. The van der Waals surface area contributed by atoms with Crippen molar-refractivity contribution in [3.05, 3.63) is 0 Å². The molecule has 88 valence electrons. The summed E-state index contributed by atoms with van der Waals surface area (Å²) in [6, 6.07) is 0.475. The van der Waals surface area contributed by atoms with Gasteiger partial charge in [0, 0.05) is 11.5 Å². The van der Waals surface area contributed by atoms with E-state index in [9.17, 15) is 8.78 Å². The van der Waals surface area contributed by atoms with Crippen LogP contribution in [0.3, 0.4) is 0 Å². The van der Waals surface area contributed by atoms with Crippen LogP contribution in [-0.4, -0.2) is 32.2 Å². The van der Waals surface area contributed by atoms with E-state index < -0.39 is 13.0 Å². The summed E-state index contributed by atoms with van der Waals surface area (Å²) in [4.78, 5) is 0. The molecule has 0 amide bonds. The Hall–Kier alpha value is -0.220. The second-order valence-corrected chi connectivity index (χ2v) is 4.73. The van der Waals surface area contributed by atoms with Crippen LogP contribution in [-0.2, 0) is 4.74 Å². The van der Waals surface area contributed by atoms with E-state index in [2.05, 4.69) is 5.32 Å². The normalized spacial score (nSPS) is 33.6. The second kappa shape index (κ2) is 4.34. The molecule has 0 heterocycles. The van der Waals surface area contributed by atoms with Gasteiger partial charge >= 0.3 is 0 Å². The van der Waals surface area contributed by atoms with Gasteiger partial charge in [-0.1, -0.05) is 12.8 Å². The van der Waals surface area contributed by atoms with Crippen molar-refractivity contribution in [1.82, 2.24) is 5.32 Å². The fraction of sp³-hybridized carbons (Fsp3) is 1.00. The number of halogens is 2. The predicted molar refractivity (Wildman–Crippen MR) is 54.1 cm³/mol. The van der Waals surface area contributed by atoms with Crippen LogP contribution in [0, 0.1) is 5.41 Å². The predicted octanol–water partition coefficient (Wildman–Crippen LogP) is 2.19. The first kappa shape index (κ1) is 11.3. The van der Waals surface area contributed by atoms with E-state index in [-0.39, 0.29) is 11.5 Å². The Morgan fingerprint density at radius 3 is 2.60 bits per heavy atom. The third-order valence-corrected chi connectivity index (χ3v) is 4.09. The smallest absolute Gasteiger partial charge is 0.261 e. The molecular weight excluding hydrogens is 200 g/mol. The third-order valence-electron chi connectivity index (χ3n) is 4.09. The molecule has 0 aromatic heterocycles. The van der Waals surface area contributed by atoms with Crippen LogP contribution in [0.15, 0.2) is 0 Å². The average Bonchev–Trinajstić information content (AvgIpc) is 2.67. The standard InChI is InChI=1S/C11H19F2NO/c1-14-8-6-9(15-7-10(12)13)11(8)4-2-3-5-11/h8-10,14H,2-7H2,1H3. The lowest BCUT2D eigenvalue weighted by molar-refractivity contribution is -0.151. The maximum Gasteiger partial charge on any atom is 0.261 e. The fourth-order valence-electron chi connectivity index (χ4n) is 3.28. The fourth-order valence-corrected chi connectivity index (χ4v) is 3.28. The van der Waals surface area contributed by atoms with Crippen molar-refractivity contribution in [2.24, 2.45) is 5.41 Å². The van der Waals surface area contributed by atoms with Gasteiger partial charge < -0.3 is 10.1 Å². The molecule has 0 aliphatic heterocycles. The molecule has 2 atom stereocenters. The van der Waals surface area contributed by atoms with Crippen molar-refractivity contribution in [3.63, 3.8) is 0 Å². The second-order valence-electron chi connectivity index (χ2n) is 4.73. The first-order chi connectivity index (χ1) is 7.19. The van der Waals surface area contributed by atoms with E-state index in [1.54, 1.807) is 0 Å². The average molecular weight is 219 g/mol. The van der Waals surface area contributed by atoms with Gasteiger partial charge in [-0.05, 0) is 26.3 Å². The molecule has 2 aliphatic carbocycles. The topological polar surface area (TPSA) is 21.3 Å². The van der Waals surface area contributed by atoms with Crippen molar-refractivity contribution >= 4 is 0 Å². The van der Waals surface area contributed by atoms with Crippen LogP contribution in [0.25, 0.3) is 0 Å². The lowest BCUT2D eigenvalue weighted by Gasteiger charge is -2.54. The third kappa shape index (κ3) is 1.89. The highest BCUT2D eigenvalue weighted by Crippen LogP contribution is 2.54. The maximum absolute atomic E-state index is 12.1. The molecule has 2 fully saturated rings. The van der Waals surface area contributed by atoms with Crippen molar-refractivity contribution in [3.8, 4) is 0 Å². The van der Waals surface area contributed by atoms with Crippen LogP contribution in [0.4, 0.5) is 8.78 Å². The first-order valence-electron chi connectivity index (χ1n) is 5.76. The largest absolute Gasteiger partial charge is 0.372 e. The van der Waals surface area contributed by atoms with Gasteiger partial charge in [-0.15, -0.1) is 0 Å². The summed E-state index contributed by atoms with van der Waals surface area (Å²) < 4.78 is 29.5. The molecule has 4 heteroatoms. The number of rotatable bonds is 4. The molecule has 2 nitrogen and oxygen atoms in total. The van der Waals surface area contributed by atoms with E-state index >= 15 is 0 Å². The van der Waals surface area contributed by atoms with Crippen LogP contribution in [0.2, 0.25) is 0 Å². The van der Waals surface area contributed by atoms with Crippen molar-refractivity contribution in [2.75, 3.05) is 13.7 Å². The van der Waals surface area contributed by atoms with E-state index in [0.29, 0.717) is 6.04 Å². The highest BCUT2D eigenvalue weighted by atomic mass is 19.3. The highest BCUT2D eigenvalue weighted by Gasteiger charge is 2.56. The summed E-state index contributed by atoms with van der Waals surface area (Å²) in [5, 5.41) is 3.28. The Balaban J connectivity index is 1.91. The summed E-state index contributed by atoms with van der Waals surface area (Å²) in [7, 11) is 1.95. The van der Waals surface area contributed by atoms with Crippen LogP contribution in [0.5, 0.6) is 0 Å². The Morgan fingerprint density at radius 2 is 2.07 bits per heavy atom. The zero-order chi connectivity index (χ0) is 10.9. The summed E-state index contributed by atoms with van der Waals surface area (Å²) in [6.45, 7) is -0.400. The van der Waals surface area contributed by atoms with Gasteiger partial charge in [0.05, 0.1) is 6.10 Å². The molecule has 0 saturated heterocycles. The lowest BCUT2D eigenvalue weighted by atomic mass is 9.60. The summed E-state index contributed by atoms with van der Waals surface area (Å²) in [6.07, 6.45) is 3.31. The lowest BCUT2D eigenvalue weighted by Crippen LogP contribution is -2.62. The number of ether oxygens (including phenoxy) is 1. The summed E-state index contributed by atoms with van der Waals surface area (Å²) in [5.41, 5.74) is 0.170. The molecule has 0 radical (unpaired) electrons. The van der Waals surface area contributed by atoms with Crippen LogP contribution in [0.1, 0.15) is 32.1 Å². The molecule has 0 bridgehead atoms. The molecule has 0 aromatic carbocycles. The van der Waals surface area contributed by atoms with Crippen molar-refractivity contribution in [1.29, 1.82) is 0 Å². The van der Waals surface area contributed by atoms with Gasteiger partial charge in [-0.2, -0.15) is 0 Å². The Labute approximate surface area is 89.4 Å². The molecule has 2 unspecified atom stereocenters. The summed E-state index contributed by atoms with van der Waals surface area (Å²) >= 11 is 0. The van der Waals surface area contributed by atoms with E-state index in [1.165, 1.54) is 12.8 Å². The quantitative estimate of drug-likeness (QED) is 0.782. The number of hydrogen-bond acceptors (Lipinski definition) is 2. The SMILES string of the molecule is CNC1CC(OCC(F)F)C12CCCC2. The highest BCUT2D eigenvalue weighted by molar-refractivity contribution is 5.09. The van der Waals surface area contributed by atoms with Crippen molar-refractivity contribution in [2.45, 2.75) is 50.7 Å². The summed E-state index contributed by atoms with van der Waals surface area (Å²) in [5.74, 6) is 0. The van der Waals surface area contributed by atoms with Gasteiger partial charge in [0.25, 0.3) is 6.43 Å². The first-order valence-corrected chi connectivity index (χ1v) is 5.76. The van der Waals surface area contributed by atoms with E-state index in [4.69, 9.17) is 4.74 Å². The van der Waals surface area contributed by atoms with Gasteiger partial charge in [0.2, 0.25) is 0 Å². The minimum absolute atomic E-state index is 0.0615. The maximum atomic E-state index is 12.1. The van der Waals surface area contributed by atoms with Crippen LogP contribution < -0.4 is 5.32 Å². The van der Waals surface area contributed by atoms with E-state index in [0.717, 1.165) is 19.3 Å². The Kier molecular flexibility index (Phi) is 3.26. The number of nitrogens with one attached hydrogen (secondary N) is 1. The molecule has 15 heavy (non-hydrogen) atoms. The molecule has 2 saturated carbocycles. The zero-order valence-electron chi connectivity index (χ0n) is 9.14. The molecular formula is C11H19F2NO. The van der Waals surface area contributed by atoms with Gasteiger partial charge in [0.15, 0.2) is 0 Å². The van der Waals surface area contributed by atoms with Crippen LogP contribution >= 0.6 is 0 Å². The molecule has 1 spiro atoms. The minimum Gasteiger partial charge on any atom is -0.372 e. The number of alkyl halides is 2. The molecule has 0 aromatic rings. The Morgan fingerprint density at radius 1 is 1.40 bits per heavy atom. The number of hydrogen-bond donors (Lipinski definition) is 1. The van der Waals surface area contributed by atoms with Gasteiger partial charge in [-0.25, -0.2) is 8.78 Å². The minimum atomic E-state index is -2.34. The zero-order valence-corrected chi connectivity index (χ0v) is 9.14. The van der Waals surface area contributed by atoms with E-state index in [1.807, 2.05) is 7.05 Å². The molecule has 1 N–H and O–H groups in total. The van der Waals surface area contributed by atoms with Crippen molar-refractivity contribution < 1.29 is 13.5 Å². The van der Waals surface area contributed by atoms with Gasteiger partial charge in [-0.3, -0.25) is 0 Å². The molecule has 2 rings (SSSR count). The monoisotopic (exact) mass is 219 g/mol.